The van der Waals surface area contributed by atoms with E-state index in [1.807, 2.05) is 0 Å². The number of fused-ring (bicyclic) bond motifs is 1. The van der Waals surface area contributed by atoms with Crippen molar-refractivity contribution in [3.05, 3.63) is 59.6 Å². The summed E-state index contributed by atoms with van der Waals surface area (Å²) in [4.78, 5) is 20.9. The van der Waals surface area contributed by atoms with Gasteiger partial charge >= 0.3 is 6.18 Å². The maximum absolute atomic E-state index is 12.8. The number of aryl methyl sites for hydroxylation is 1. The minimum absolute atomic E-state index is 0.233. The smallest absolute Gasteiger partial charge is 0.417 e. The SMILES string of the molecule is Cc1noc2nc(-c3ccco3)cc(C(=O)NCCCNc3ccc(C(F)(F)F)cn3)c12. The van der Waals surface area contributed by atoms with Crippen LogP contribution in [0.1, 0.15) is 28.0 Å². The van der Waals surface area contributed by atoms with Crippen molar-refractivity contribution in [3.8, 4) is 11.5 Å². The molecule has 0 atom stereocenters. The maximum Gasteiger partial charge on any atom is 0.417 e. The zero-order valence-electron chi connectivity index (χ0n) is 16.9. The van der Waals surface area contributed by atoms with Crippen molar-refractivity contribution in [2.75, 3.05) is 18.4 Å². The third-order valence-electron chi connectivity index (χ3n) is 4.67. The molecule has 4 aromatic rings. The van der Waals surface area contributed by atoms with Crippen molar-refractivity contribution >= 4 is 22.8 Å². The number of nitrogens with one attached hydrogen (secondary N) is 2. The molecule has 0 aromatic carbocycles. The molecule has 0 radical (unpaired) electrons. The second kappa shape index (κ2) is 8.69. The van der Waals surface area contributed by atoms with E-state index in [9.17, 15) is 18.0 Å². The molecule has 8 nitrogen and oxygen atoms in total. The predicted molar refractivity (Wildman–Crippen MR) is 109 cm³/mol. The number of hydrogen-bond donors (Lipinski definition) is 2. The Labute approximate surface area is 179 Å². The quantitative estimate of drug-likeness (QED) is 0.405. The summed E-state index contributed by atoms with van der Waals surface area (Å²) in [6.07, 6.45) is -1.62. The standard InChI is InChI=1S/C21H18F3N5O3/c1-12-18-14(10-15(16-4-2-9-31-16)28-20(18)32-29-12)19(30)26-8-3-7-25-17-6-5-13(11-27-17)21(22,23)24/h2,4-6,9-11H,3,7-8H2,1H3,(H,25,27)(H,26,30). The minimum atomic E-state index is -4.42. The first kappa shape index (κ1) is 21.3. The Morgan fingerprint density at radius 1 is 1.19 bits per heavy atom. The maximum atomic E-state index is 12.8. The molecule has 0 fully saturated rings. The van der Waals surface area contributed by atoms with Gasteiger partial charge in [0, 0.05) is 19.3 Å². The lowest BCUT2D eigenvalue weighted by atomic mass is 10.1. The molecule has 0 saturated heterocycles. The van der Waals surface area contributed by atoms with Crippen LogP contribution in [0.25, 0.3) is 22.6 Å². The van der Waals surface area contributed by atoms with E-state index < -0.39 is 11.7 Å². The number of pyridine rings is 2. The summed E-state index contributed by atoms with van der Waals surface area (Å²) in [5, 5.41) is 10.2. The van der Waals surface area contributed by atoms with Crippen LogP contribution >= 0.6 is 0 Å². The normalized spacial score (nSPS) is 11.6. The molecule has 32 heavy (non-hydrogen) atoms. The lowest BCUT2D eigenvalue weighted by molar-refractivity contribution is -0.137. The van der Waals surface area contributed by atoms with Crippen LogP contribution in [0.3, 0.4) is 0 Å². The van der Waals surface area contributed by atoms with Crippen LogP contribution in [0.2, 0.25) is 0 Å². The van der Waals surface area contributed by atoms with Gasteiger partial charge in [0.2, 0.25) is 0 Å². The van der Waals surface area contributed by atoms with E-state index in [2.05, 4.69) is 25.8 Å². The van der Waals surface area contributed by atoms with Crippen molar-refractivity contribution in [1.82, 2.24) is 20.4 Å². The van der Waals surface area contributed by atoms with Crippen LogP contribution in [0.15, 0.2) is 51.7 Å². The summed E-state index contributed by atoms with van der Waals surface area (Å²) in [6.45, 7) is 2.46. The van der Waals surface area contributed by atoms with Crippen molar-refractivity contribution in [3.63, 3.8) is 0 Å². The Morgan fingerprint density at radius 2 is 2.03 bits per heavy atom. The van der Waals surface area contributed by atoms with Gasteiger partial charge in [-0.1, -0.05) is 5.16 Å². The van der Waals surface area contributed by atoms with Crippen LogP contribution in [-0.4, -0.2) is 34.1 Å². The van der Waals surface area contributed by atoms with Crippen LogP contribution in [0.4, 0.5) is 19.0 Å². The average Bonchev–Trinajstić information content (AvgIpc) is 3.43. The van der Waals surface area contributed by atoms with Crippen molar-refractivity contribution in [2.24, 2.45) is 0 Å². The number of rotatable bonds is 7. The summed E-state index contributed by atoms with van der Waals surface area (Å²) >= 11 is 0. The van der Waals surface area contributed by atoms with Crippen molar-refractivity contribution in [1.29, 1.82) is 0 Å². The van der Waals surface area contributed by atoms with E-state index in [-0.39, 0.29) is 11.6 Å². The molecule has 0 unspecified atom stereocenters. The van der Waals surface area contributed by atoms with E-state index in [1.54, 1.807) is 25.1 Å². The Morgan fingerprint density at radius 3 is 2.72 bits per heavy atom. The highest BCUT2D eigenvalue weighted by Crippen LogP contribution is 2.29. The van der Waals surface area contributed by atoms with Gasteiger partial charge in [0.15, 0.2) is 5.76 Å². The molecule has 4 aromatic heterocycles. The zero-order valence-corrected chi connectivity index (χ0v) is 16.9. The molecule has 11 heteroatoms. The van der Waals surface area contributed by atoms with Gasteiger partial charge in [0.25, 0.3) is 11.6 Å². The molecule has 0 spiro atoms. The van der Waals surface area contributed by atoms with Crippen LogP contribution in [-0.2, 0) is 6.18 Å². The number of halogens is 3. The Kier molecular flexibility index (Phi) is 5.80. The average molecular weight is 445 g/mol. The lowest BCUT2D eigenvalue weighted by Gasteiger charge is -2.10. The summed E-state index contributed by atoms with van der Waals surface area (Å²) in [6, 6.07) is 7.28. The molecule has 0 aliphatic rings. The summed E-state index contributed by atoms with van der Waals surface area (Å²) in [5.74, 6) is 0.482. The fourth-order valence-electron chi connectivity index (χ4n) is 3.09. The van der Waals surface area contributed by atoms with Crippen molar-refractivity contribution < 1.29 is 26.9 Å². The van der Waals surface area contributed by atoms with E-state index in [4.69, 9.17) is 8.94 Å². The molecule has 0 bridgehead atoms. The fourth-order valence-corrected chi connectivity index (χ4v) is 3.09. The number of amides is 1. The van der Waals surface area contributed by atoms with Gasteiger partial charge in [0.05, 0.1) is 28.5 Å². The number of carbonyl (C=O) groups excluding carboxylic acids is 1. The van der Waals surface area contributed by atoms with E-state index in [0.717, 1.165) is 12.3 Å². The number of aromatic nitrogens is 3. The zero-order chi connectivity index (χ0) is 22.7. The van der Waals surface area contributed by atoms with Gasteiger partial charge in [-0.3, -0.25) is 4.79 Å². The summed E-state index contributed by atoms with van der Waals surface area (Å²) in [7, 11) is 0. The Balaban J connectivity index is 1.37. The third-order valence-corrected chi connectivity index (χ3v) is 4.67. The fraction of sp³-hybridized carbons (Fsp3) is 0.238. The van der Waals surface area contributed by atoms with E-state index >= 15 is 0 Å². The first-order valence-electron chi connectivity index (χ1n) is 9.69. The number of hydrogen-bond acceptors (Lipinski definition) is 7. The topological polar surface area (TPSA) is 106 Å². The number of anilines is 1. The molecular formula is C21H18F3N5O3. The molecule has 1 amide bonds. The van der Waals surface area contributed by atoms with Crippen molar-refractivity contribution in [2.45, 2.75) is 19.5 Å². The number of furan rings is 1. The van der Waals surface area contributed by atoms with Crippen LogP contribution < -0.4 is 10.6 Å². The molecule has 0 aliphatic carbocycles. The summed E-state index contributed by atoms with van der Waals surface area (Å²) in [5.41, 5.74) is 0.767. The largest absolute Gasteiger partial charge is 0.463 e. The van der Waals surface area contributed by atoms with Gasteiger partial charge in [0.1, 0.15) is 11.5 Å². The number of nitrogens with zero attached hydrogens (tertiary/aromatic N) is 3. The highest BCUT2D eigenvalue weighted by atomic mass is 19.4. The second-order valence-electron chi connectivity index (χ2n) is 6.95. The summed E-state index contributed by atoms with van der Waals surface area (Å²) < 4.78 is 48.3. The van der Waals surface area contributed by atoms with Gasteiger partial charge in [-0.05, 0) is 43.7 Å². The molecule has 2 N–H and O–H groups in total. The van der Waals surface area contributed by atoms with E-state index in [1.165, 1.54) is 12.3 Å². The van der Waals surface area contributed by atoms with Gasteiger partial charge in [-0.15, -0.1) is 0 Å². The van der Waals surface area contributed by atoms with E-state index in [0.29, 0.717) is 53.4 Å². The highest BCUT2D eigenvalue weighted by Gasteiger charge is 2.30. The highest BCUT2D eigenvalue weighted by molar-refractivity contribution is 6.06. The molecule has 4 rings (SSSR count). The molecule has 0 saturated carbocycles. The number of alkyl halides is 3. The number of carbonyl (C=O) groups is 1. The Bertz CT molecular complexity index is 1220. The monoisotopic (exact) mass is 445 g/mol. The molecule has 0 aliphatic heterocycles. The Hall–Kier alpha value is -3.89. The minimum Gasteiger partial charge on any atom is -0.463 e. The molecule has 4 heterocycles. The van der Waals surface area contributed by atoms with Gasteiger partial charge in [-0.25, -0.2) is 9.97 Å². The van der Waals surface area contributed by atoms with Crippen LogP contribution in [0, 0.1) is 6.92 Å². The first-order chi connectivity index (χ1) is 15.3. The van der Waals surface area contributed by atoms with Gasteiger partial charge < -0.3 is 19.6 Å². The van der Waals surface area contributed by atoms with Crippen LogP contribution in [0.5, 0.6) is 0 Å². The van der Waals surface area contributed by atoms with Gasteiger partial charge in [-0.2, -0.15) is 13.2 Å². The lowest BCUT2D eigenvalue weighted by Crippen LogP contribution is -2.26. The molecular weight excluding hydrogens is 427 g/mol. The predicted octanol–water partition coefficient (Wildman–Crippen LogP) is 4.44. The third kappa shape index (κ3) is 4.56. The first-order valence-corrected chi connectivity index (χ1v) is 9.69. The second-order valence-corrected chi connectivity index (χ2v) is 6.95. The molecule has 166 valence electrons.